The van der Waals surface area contributed by atoms with Crippen molar-refractivity contribution in [3.63, 3.8) is 0 Å². The average molecular weight is 437 g/mol. The van der Waals surface area contributed by atoms with Crippen LogP contribution < -0.4 is 4.90 Å². The standard InChI is InChI=1S/C26H33FN4O/c1-28(2)24-16-31(23-12-9-19-5-4-6-22(27)26(19)23)15-21(24)18-7-10-20(11-8-18)30-14-13-29(3)25(32)17-30/h4-8,10-11,21,23-24H,9,12-17H2,1-3H3/t21-,23?,24+/m1/s1. The highest BCUT2D eigenvalue weighted by molar-refractivity contribution is 5.82. The minimum Gasteiger partial charge on any atom is -0.360 e. The second-order valence-electron chi connectivity index (χ2n) is 9.79. The van der Waals surface area contributed by atoms with Crippen molar-refractivity contribution in [3.8, 4) is 0 Å². The van der Waals surface area contributed by atoms with Crippen molar-refractivity contribution >= 4 is 11.6 Å². The van der Waals surface area contributed by atoms with Crippen molar-refractivity contribution in [3.05, 3.63) is 65.0 Å². The zero-order valence-electron chi connectivity index (χ0n) is 19.3. The quantitative estimate of drug-likeness (QED) is 0.737. The van der Waals surface area contributed by atoms with Crippen molar-refractivity contribution in [1.29, 1.82) is 0 Å². The highest BCUT2D eigenvalue weighted by Gasteiger charge is 2.41. The number of hydrogen-bond donors (Lipinski definition) is 0. The molecule has 2 heterocycles. The van der Waals surface area contributed by atoms with Gasteiger partial charge in [-0.2, -0.15) is 0 Å². The molecule has 0 N–H and O–H groups in total. The van der Waals surface area contributed by atoms with Gasteiger partial charge in [0.1, 0.15) is 5.82 Å². The highest BCUT2D eigenvalue weighted by Crippen LogP contribution is 2.42. The van der Waals surface area contributed by atoms with Crippen LogP contribution in [-0.4, -0.2) is 80.5 Å². The van der Waals surface area contributed by atoms with Gasteiger partial charge in [-0.1, -0.05) is 24.3 Å². The summed E-state index contributed by atoms with van der Waals surface area (Å²) in [5, 5.41) is 0. The molecule has 1 aliphatic carbocycles. The van der Waals surface area contributed by atoms with Gasteiger partial charge in [0.15, 0.2) is 0 Å². The first-order valence-electron chi connectivity index (χ1n) is 11.7. The van der Waals surface area contributed by atoms with Crippen molar-refractivity contribution in [2.75, 3.05) is 58.8 Å². The minimum absolute atomic E-state index is 0.0547. The minimum atomic E-state index is -0.0547. The molecule has 0 saturated carbocycles. The Hall–Kier alpha value is -2.44. The summed E-state index contributed by atoms with van der Waals surface area (Å²) in [5.41, 5.74) is 4.52. The number of hydrogen-bond acceptors (Lipinski definition) is 4. The Balaban J connectivity index is 1.35. The molecule has 0 spiro atoms. The molecule has 5 nitrogen and oxygen atoms in total. The lowest BCUT2D eigenvalue weighted by atomic mass is 9.93. The molecule has 0 aromatic heterocycles. The van der Waals surface area contributed by atoms with Crippen LogP contribution in [0.5, 0.6) is 0 Å². The first kappa shape index (κ1) is 21.4. The molecular formula is C26H33FN4O. The number of anilines is 1. The maximum Gasteiger partial charge on any atom is 0.241 e. The molecule has 6 heteroatoms. The summed E-state index contributed by atoms with van der Waals surface area (Å²) in [5.74, 6) is 0.494. The molecule has 170 valence electrons. The molecule has 1 amide bonds. The van der Waals surface area contributed by atoms with Gasteiger partial charge < -0.3 is 14.7 Å². The summed E-state index contributed by atoms with van der Waals surface area (Å²) in [6, 6.07) is 14.9. The van der Waals surface area contributed by atoms with E-state index in [1.54, 1.807) is 11.0 Å². The number of piperazine rings is 1. The molecule has 3 atom stereocenters. The van der Waals surface area contributed by atoms with Crippen LogP contribution in [0.4, 0.5) is 10.1 Å². The predicted octanol–water partition coefficient (Wildman–Crippen LogP) is 3.12. The van der Waals surface area contributed by atoms with Crippen LogP contribution in [0.3, 0.4) is 0 Å². The third-order valence-corrected chi connectivity index (χ3v) is 7.73. The fourth-order valence-electron chi connectivity index (χ4n) is 5.81. The molecule has 0 radical (unpaired) electrons. The fourth-order valence-corrected chi connectivity index (χ4v) is 5.81. The molecule has 2 aromatic rings. The molecular weight excluding hydrogens is 403 g/mol. The van der Waals surface area contributed by atoms with Gasteiger partial charge in [0.05, 0.1) is 6.54 Å². The van der Waals surface area contributed by atoms with Gasteiger partial charge >= 0.3 is 0 Å². The van der Waals surface area contributed by atoms with E-state index in [0.717, 1.165) is 50.3 Å². The van der Waals surface area contributed by atoms with E-state index in [1.165, 1.54) is 11.1 Å². The van der Waals surface area contributed by atoms with Crippen LogP contribution in [0.2, 0.25) is 0 Å². The normalized spacial score (nSPS) is 26.3. The molecule has 0 bridgehead atoms. The number of amides is 1. The van der Waals surface area contributed by atoms with Crippen molar-refractivity contribution in [1.82, 2.24) is 14.7 Å². The van der Waals surface area contributed by atoms with Crippen molar-refractivity contribution < 1.29 is 9.18 Å². The van der Waals surface area contributed by atoms with Crippen molar-refractivity contribution in [2.45, 2.75) is 30.8 Å². The molecule has 2 fully saturated rings. The van der Waals surface area contributed by atoms with E-state index in [0.29, 0.717) is 18.5 Å². The van der Waals surface area contributed by atoms with E-state index in [9.17, 15) is 9.18 Å². The third-order valence-electron chi connectivity index (χ3n) is 7.73. The lowest BCUT2D eigenvalue weighted by molar-refractivity contribution is -0.129. The summed E-state index contributed by atoms with van der Waals surface area (Å²) in [4.78, 5) is 20.9. The Morgan fingerprint density at radius 3 is 2.53 bits per heavy atom. The number of likely N-dealkylation sites (N-methyl/N-ethyl adjacent to an activating group) is 2. The van der Waals surface area contributed by atoms with Gasteiger partial charge in [-0.3, -0.25) is 9.69 Å². The summed E-state index contributed by atoms with van der Waals surface area (Å²) in [6.45, 7) is 3.96. The Kier molecular flexibility index (Phi) is 5.68. The first-order chi connectivity index (χ1) is 15.4. The molecule has 2 aromatic carbocycles. The number of rotatable bonds is 4. The van der Waals surface area contributed by atoms with E-state index < -0.39 is 0 Å². The molecule has 2 aliphatic heterocycles. The summed E-state index contributed by atoms with van der Waals surface area (Å²) in [7, 11) is 6.16. The van der Waals surface area contributed by atoms with Gasteiger partial charge in [-0.05, 0) is 56.3 Å². The van der Waals surface area contributed by atoms with Gasteiger partial charge in [-0.25, -0.2) is 4.39 Å². The Labute approximate surface area is 190 Å². The van der Waals surface area contributed by atoms with Crippen LogP contribution in [0.15, 0.2) is 42.5 Å². The number of fused-ring (bicyclic) bond motifs is 1. The lowest BCUT2D eigenvalue weighted by Crippen LogP contribution is -2.48. The van der Waals surface area contributed by atoms with Crippen LogP contribution in [0.1, 0.15) is 35.1 Å². The Morgan fingerprint density at radius 2 is 1.81 bits per heavy atom. The van der Waals surface area contributed by atoms with Gasteiger partial charge in [0.25, 0.3) is 0 Å². The van der Waals surface area contributed by atoms with E-state index in [1.807, 2.05) is 13.1 Å². The Morgan fingerprint density at radius 1 is 1.03 bits per heavy atom. The van der Waals surface area contributed by atoms with E-state index >= 15 is 0 Å². The molecule has 2 saturated heterocycles. The summed E-state index contributed by atoms with van der Waals surface area (Å²) >= 11 is 0. The monoisotopic (exact) mass is 436 g/mol. The average Bonchev–Trinajstić information content (AvgIpc) is 3.41. The maximum atomic E-state index is 14.7. The predicted molar refractivity (Wildman–Crippen MR) is 126 cm³/mol. The van der Waals surface area contributed by atoms with Gasteiger partial charge in [0, 0.05) is 62.5 Å². The summed E-state index contributed by atoms with van der Waals surface area (Å²) < 4.78 is 14.7. The number of carbonyl (C=O) groups is 1. The number of likely N-dealkylation sites (tertiary alicyclic amines) is 1. The highest BCUT2D eigenvalue weighted by atomic mass is 19.1. The van der Waals surface area contributed by atoms with E-state index in [4.69, 9.17) is 0 Å². The second-order valence-corrected chi connectivity index (χ2v) is 9.79. The number of carbonyl (C=O) groups excluding carboxylic acids is 1. The fraction of sp³-hybridized carbons (Fsp3) is 0.500. The number of halogens is 1. The number of benzene rings is 2. The van der Waals surface area contributed by atoms with E-state index in [-0.39, 0.29) is 17.8 Å². The van der Waals surface area contributed by atoms with Crippen LogP contribution >= 0.6 is 0 Å². The third kappa shape index (κ3) is 3.80. The van der Waals surface area contributed by atoms with Crippen molar-refractivity contribution in [2.24, 2.45) is 0 Å². The maximum absolute atomic E-state index is 14.7. The molecule has 5 rings (SSSR count). The SMILES string of the molecule is CN1CCN(c2ccc([C@H]3CN(C4CCc5cccc(F)c54)C[C@@H]3N(C)C)cc2)CC1=O. The topological polar surface area (TPSA) is 30.0 Å². The lowest BCUT2D eigenvalue weighted by Gasteiger charge is -2.33. The summed E-state index contributed by atoms with van der Waals surface area (Å²) in [6.07, 6.45) is 1.96. The van der Waals surface area contributed by atoms with Gasteiger partial charge in [-0.15, -0.1) is 0 Å². The van der Waals surface area contributed by atoms with Crippen LogP contribution in [0, 0.1) is 5.82 Å². The van der Waals surface area contributed by atoms with Crippen LogP contribution in [-0.2, 0) is 11.2 Å². The largest absolute Gasteiger partial charge is 0.360 e. The number of aryl methyl sites for hydroxylation is 1. The molecule has 3 aliphatic rings. The zero-order valence-corrected chi connectivity index (χ0v) is 19.3. The second kappa shape index (κ2) is 8.49. The van der Waals surface area contributed by atoms with Gasteiger partial charge in [0.2, 0.25) is 5.91 Å². The van der Waals surface area contributed by atoms with E-state index in [2.05, 4.69) is 59.1 Å². The smallest absolute Gasteiger partial charge is 0.241 e. The number of nitrogens with zero attached hydrogens (tertiary/aromatic N) is 4. The first-order valence-corrected chi connectivity index (χ1v) is 11.7. The zero-order chi connectivity index (χ0) is 22.4. The van der Waals surface area contributed by atoms with Crippen LogP contribution in [0.25, 0.3) is 0 Å². The Bertz CT molecular complexity index is 992. The molecule has 32 heavy (non-hydrogen) atoms. The molecule has 1 unspecified atom stereocenters.